The van der Waals surface area contributed by atoms with Gasteiger partial charge in [0.15, 0.2) is 0 Å². The summed E-state index contributed by atoms with van der Waals surface area (Å²) < 4.78 is 3.81. The van der Waals surface area contributed by atoms with Gasteiger partial charge in [-0.1, -0.05) is 27.8 Å². The van der Waals surface area contributed by atoms with Crippen molar-refractivity contribution >= 4 is 28.8 Å². The number of carbonyl (C=O) groups excluding carboxylic acids is 1. The van der Waals surface area contributed by atoms with E-state index in [-0.39, 0.29) is 5.91 Å². The van der Waals surface area contributed by atoms with E-state index in [4.69, 9.17) is 5.21 Å². The molecule has 0 saturated carbocycles. The number of carbonyl (C=O) groups is 1. The minimum absolute atomic E-state index is 0.109. The minimum atomic E-state index is -0.109. The molecule has 1 aliphatic heterocycles. The molecule has 1 aromatic carbocycles. The van der Waals surface area contributed by atoms with Gasteiger partial charge in [0, 0.05) is 18.5 Å². The molecule has 2 heterocycles. The van der Waals surface area contributed by atoms with Crippen LogP contribution < -0.4 is 4.90 Å². The van der Waals surface area contributed by atoms with Gasteiger partial charge in [0.1, 0.15) is 4.88 Å². The Balaban J connectivity index is 2.04. The second-order valence-corrected chi connectivity index (χ2v) is 5.21. The predicted molar refractivity (Wildman–Crippen MR) is 75.7 cm³/mol. The number of nitrogens with zero attached hydrogens (tertiary/aromatic N) is 4. The highest BCUT2D eigenvalue weighted by molar-refractivity contribution is 7.08. The summed E-state index contributed by atoms with van der Waals surface area (Å²) in [5.74, 6) is -0.109. The molecule has 102 valence electrons. The van der Waals surface area contributed by atoms with Crippen LogP contribution in [0.2, 0.25) is 0 Å². The first-order valence-electron chi connectivity index (χ1n) is 6.13. The third-order valence-electron chi connectivity index (χ3n) is 3.29. The number of aromatic nitrogens is 2. The standard InChI is InChI=1S/C13H12N4O2S/c1-8-12(20-16-14-8)13(18)17-7-6-10(15-19)9-4-2-3-5-11(9)17/h2-5,19H,6-7H2,1H3. The first-order valence-corrected chi connectivity index (χ1v) is 6.91. The molecule has 1 amide bonds. The van der Waals surface area contributed by atoms with E-state index >= 15 is 0 Å². The second-order valence-electron chi connectivity index (χ2n) is 4.46. The van der Waals surface area contributed by atoms with E-state index in [0.29, 0.717) is 29.2 Å². The maximum atomic E-state index is 12.6. The molecule has 0 radical (unpaired) electrons. The van der Waals surface area contributed by atoms with Gasteiger partial charge in [0.05, 0.1) is 17.1 Å². The smallest absolute Gasteiger partial charge is 0.271 e. The summed E-state index contributed by atoms with van der Waals surface area (Å²) in [6.07, 6.45) is 0.518. The van der Waals surface area contributed by atoms with Crippen molar-refractivity contribution in [1.29, 1.82) is 0 Å². The topological polar surface area (TPSA) is 78.7 Å². The maximum Gasteiger partial charge on any atom is 0.271 e. The first kappa shape index (κ1) is 12.7. The molecule has 0 atom stereocenters. The predicted octanol–water partition coefficient (Wildman–Crippen LogP) is 2.08. The molecule has 1 aromatic heterocycles. The average Bonchev–Trinajstić information content (AvgIpc) is 2.91. The number of anilines is 1. The average molecular weight is 288 g/mol. The van der Waals surface area contributed by atoms with Gasteiger partial charge in [0.2, 0.25) is 0 Å². The third kappa shape index (κ3) is 1.96. The summed E-state index contributed by atoms with van der Waals surface area (Å²) in [4.78, 5) is 14.8. The molecule has 0 fully saturated rings. The zero-order valence-corrected chi connectivity index (χ0v) is 11.6. The van der Waals surface area contributed by atoms with Gasteiger partial charge in [-0.05, 0) is 24.5 Å². The molecule has 2 aromatic rings. The zero-order valence-electron chi connectivity index (χ0n) is 10.8. The molecular formula is C13H12N4O2S. The van der Waals surface area contributed by atoms with E-state index in [0.717, 1.165) is 22.8 Å². The van der Waals surface area contributed by atoms with Gasteiger partial charge in [-0.2, -0.15) is 0 Å². The zero-order chi connectivity index (χ0) is 14.1. The Morgan fingerprint density at radius 3 is 2.95 bits per heavy atom. The Hall–Kier alpha value is -2.28. The normalized spacial score (nSPS) is 16.2. The number of benzene rings is 1. The van der Waals surface area contributed by atoms with Crippen LogP contribution in [0.25, 0.3) is 0 Å². The lowest BCUT2D eigenvalue weighted by atomic mass is 9.99. The second kappa shape index (κ2) is 5.01. The van der Waals surface area contributed by atoms with Crippen molar-refractivity contribution in [2.45, 2.75) is 13.3 Å². The lowest BCUT2D eigenvalue weighted by Gasteiger charge is -2.29. The fourth-order valence-corrected chi connectivity index (χ4v) is 2.90. The molecule has 0 spiro atoms. The van der Waals surface area contributed by atoms with E-state index in [1.807, 2.05) is 24.3 Å². The van der Waals surface area contributed by atoms with E-state index < -0.39 is 0 Å². The summed E-state index contributed by atoms with van der Waals surface area (Å²) in [6, 6.07) is 7.41. The van der Waals surface area contributed by atoms with Crippen LogP contribution in [0.4, 0.5) is 5.69 Å². The van der Waals surface area contributed by atoms with Crippen molar-refractivity contribution in [3.05, 3.63) is 40.4 Å². The highest BCUT2D eigenvalue weighted by Gasteiger charge is 2.28. The summed E-state index contributed by atoms with van der Waals surface area (Å²) in [5.41, 5.74) is 2.77. The molecule has 6 nitrogen and oxygen atoms in total. The molecular weight excluding hydrogens is 276 g/mol. The van der Waals surface area contributed by atoms with Crippen LogP contribution in [0.5, 0.6) is 0 Å². The number of amides is 1. The lowest BCUT2D eigenvalue weighted by molar-refractivity contribution is 0.0990. The Bertz CT molecular complexity index is 695. The van der Waals surface area contributed by atoms with E-state index in [9.17, 15) is 4.79 Å². The Morgan fingerprint density at radius 1 is 1.45 bits per heavy atom. The Kier molecular flexibility index (Phi) is 3.19. The lowest BCUT2D eigenvalue weighted by Crippen LogP contribution is -2.37. The molecule has 0 bridgehead atoms. The van der Waals surface area contributed by atoms with Crippen LogP contribution >= 0.6 is 11.5 Å². The van der Waals surface area contributed by atoms with Gasteiger partial charge < -0.3 is 10.1 Å². The van der Waals surface area contributed by atoms with E-state index in [1.165, 1.54) is 0 Å². The van der Waals surface area contributed by atoms with Crippen LogP contribution in [-0.2, 0) is 0 Å². The number of fused-ring (bicyclic) bond motifs is 1. The number of rotatable bonds is 1. The molecule has 0 aliphatic carbocycles. The van der Waals surface area contributed by atoms with Gasteiger partial charge in [0.25, 0.3) is 5.91 Å². The van der Waals surface area contributed by atoms with Crippen molar-refractivity contribution in [1.82, 2.24) is 9.59 Å². The fourth-order valence-electron chi connectivity index (χ4n) is 2.29. The van der Waals surface area contributed by atoms with Gasteiger partial charge >= 0.3 is 0 Å². The van der Waals surface area contributed by atoms with Crippen LogP contribution in [-0.4, -0.2) is 33.0 Å². The molecule has 0 saturated heterocycles. The largest absolute Gasteiger partial charge is 0.411 e. The minimum Gasteiger partial charge on any atom is -0.411 e. The van der Waals surface area contributed by atoms with Gasteiger partial charge in [-0.25, -0.2) is 0 Å². The summed E-state index contributed by atoms with van der Waals surface area (Å²) in [5, 5.41) is 16.3. The fraction of sp³-hybridized carbons (Fsp3) is 0.231. The number of oxime groups is 1. The third-order valence-corrected chi connectivity index (χ3v) is 4.11. The molecule has 1 N–H and O–H groups in total. The Labute approximate surface area is 119 Å². The van der Waals surface area contributed by atoms with Crippen molar-refractivity contribution in [3.8, 4) is 0 Å². The number of hydrogen-bond donors (Lipinski definition) is 1. The van der Waals surface area contributed by atoms with E-state index in [2.05, 4.69) is 14.7 Å². The van der Waals surface area contributed by atoms with E-state index in [1.54, 1.807) is 11.8 Å². The number of para-hydroxylation sites is 1. The highest BCUT2D eigenvalue weighted by Crippen LogP contribution is 2.29. The van der Waals surface area contributed by atoms with Crippen LogP contribution in [0.15, 0.2) is 29.4 Å². The Morgan fingerprint density at radius 2 is 2.25 bits per heavy atom. The SMILES string of the molecule is Cc1nnsc1C(=O)N1CCC(=NO)c2ccccc21. The summed E-state index contributed by atoms with van der Waals surface area (Å²) >= 11 is 1.10. The quantitative estimate of drug-likeness (QED) is 0.643. The number of aryl methyl sites for hydroxylation is 1. The molecule has 1 aliphatic rings. The first-order chi connectivity index (χ1) is 9.72. The highest BCUT2D eigenvalue weighted by atomic mass is 32.1. The summed E-state index contributed by atoms with van der Waals surface area (Å²) in [7, 11) is 0. The van der Waals surface area contributed by atoms with Gasteiger partial charge in [-0.3, -0.25) is 4.79 Å². The molecule has 20 heavy (non-hydrogen) atoms. The molecule has 3 rings (SSSR count). The van der Waals surface area contributed by atoms with Gasteiger partial charge in [-0.15, -0.1) is 5.10 Å². The van der Waals surface area contributed by atoms with Crippen molar-refractivity contribution < 1.29 is 10.0 Å². The monoisotopic (exact) mass is 288 g/mol. The van der Waals surface area contributed by atoms with Crippen molar-refractivity contribution in [3.63, 3.8) is 0 Å². The van der Waals surface area contributed by atoms with Crippen molar-refractivity contribution in [2.75, 3.05) is 11.4 Å². The van der Waals surface area contributed by atoms with Crippen LogP contribution in [0.3, 0.4) is 0 Å². The summed E-state index contributed by atoms with van der Waals surface area (Å²) in [6.45, 7) is 2.25. The van der Waals surface area contributed by atoms with Crippen LogP contribution in [0, 0.1) is 6.92 Å². The maximum absolute atomic E-state index is 12.6. The van der Waals surface area contributed by atoms with Crippen molar-refractivity contribution in [2.24, 2.45) is 5.16 Å². The molecule has 7 heteroatoms. The molecule has 0 unspecified atom stereocenters. The number of hydrogen-bond acceptors (Lipinski definition) is 6. The van der Waals surface area contributed by atoms with Crippen LogP contribution in [0.1, 0.15) is 27.3 Å².